The van der Waals surface area contributed by atoms with Crippen LogP contribution in [0.25, 0.3) is 10.8 Å². The van der Waals surface area contributed by atoms with Gasteiger partial charge in [-0.3, -0.25) is 4.90 Å². The lowest BCUT2D eigenvalue weighted by Gasteiger charge is -2.25. The third kappa shape index (κ3) is 3.59. The van der Waals surface area contributed by atoms with E-state index in [2.05, 4.69) is 0 Å². The average molecular weight is 331 g/mol. The summed E-state index contributed by atoms with van der Waals surface area (Å²) in [4.78, 5) is 25.1. The van der Waals surface area contributed by atoms with Gasteiger partial charge in [0.2, 0.25) is 0 Å². The summed E-state index contributed by atoms with van der Waals surface area (Å²) in [5.41, 5.74) is 0.0805. The first-order valence-corrected chi connectivity index (χ1v) is 7.45. The number of carboxylic acid groups (broad SMARTS) is 1. The van der Waals surface area contributed by atoms with E-state index >= 15 is 0 Å². The molecule has 0 saturated heterocycles. The number of hydrogen-bond donors (Lipinski definition) is 1. The highest BCUT2D eigenvalue weighted by molar-refractivity contribution is 6.10. The molecule has 0 unspecified atom stereocenters. The van der Waals surface area contributed by atoms with Gasteiger partial charge < -0.3 is 14.6 Å². The number of benzene rings is 2. The van der Waals surface area contributed by atoms with Gasteiger partial charge in [0.15, 0.2) is 0 Å². The summed E-state index contributed by atoms with van der Waals surface area (Å²) >= 11 is 0. The fraction of sp³-hybridized carbons (Fsp3) is 0.333. The van der Waals surface area contributed by atoms with Crippen molar-refractivity contribution in [2.24, 2.45) is 0 Å². The zero-order valence-electron chi connectivity index (χ0n) is 14.4. The Labute approximate surface area is 140 Å². The van der Waals surface area contributed by atoms with Gasteiger partial charge in [-0.15, -0.1) is 0 Å². The Morgan fingerprint density at radius 1 is 1.08 bits per heavy atom. The molecule has 0 aliphatic carbocycles. The van der Waals surface area contributed by atoms with Gasteiger partial charge in [0.25, 0.3) is 0 Å². The number of ether oxygens (including phenoxy) is 2. The van der Waals surface area contributed by atoms with E-state index < -0.39 is 17.7 Å². The van der Waals surface area contributed by atoms with Gasteiger partial charge in [-0.2, -0.15) is 0 Å². The van der Waals surface area contributed by atoms with Crippen molar-refractivity contribution in [1.29, 1.82) is 0 Å². The molecule has 24 heavy (non-hydrogen) atoms. The quantitative estimate of drug-likeness (QED) is 0.922. The lowest BCUT2D eigenvalue weighted by molar-refractivity contribution is 0.0589. The second kappa shape index (κ2) is 6.39. The molecule has 0 spiro atoms. The average Bonchev–Trinajstić information content (AvgIpc) is 2.50. The molecule has 1 amide bonds. The predicted molar refractivity (Wildman–Crippen MR) is 92.1 cm³/mol. The van der Waals surface area contributed by atoms with E-state index in [0.29, 0.717) is 22.2 Å². The van der Waals surface area contributed by atoms with Crippen LogP contribution in [0.1, 0.15) is 31.1 Å². The lowest BCUT2D eigenvalue weighted by atomic mass is 10.0. The highest BCUT2D eigenvalue weighted by Gasteiger charge is 2.23. The SMILES string of the molecule is COc1ccc2c(C(=O)O)ccc(N(C)C(=O)OC(C)(C)C)c2c1. The number of carbonyl (C=O) groups excluding carboxylic acids is 1. The van der Waals surface area contributed by atoms with Crippen molar-refractivity contribution in [2.75, 3.05) is 19.1 Å². The molecule has 1 N–H and O–H groups in total. The van der Waals surface area contributed by atoms with Crippen molar-refractivity contribution in [3.05, 3.63) is 35.9 Å². The van der Waals surface area contributed by atoms with E-state index in [0.717, 1.165) is 0 Å². The lowest BCUT2D eigenvalue weighted by Crippen LogP contribution is -2.34. The van der Waals surface area contributed by atoms with Gasteiger partial charge in [-0.05, 0) is 56.5 Å². The van der Waals surface area contributed by atoms with Crippen LogP contribution in [0.15, 0.2) is 30.3 Å². The van der Waals surface area contributed by atoms with Crippen molar-refractivity contribution in [2.45, 2.75) is 26.4 Å². The maximum atomic E-state index is 12.3. The second-order valence-electron chi connectivity index (χ2n) is 6.39. The molecule has 0 radical (unpaired) electrons. The third-order valence-corrected chi connectivity index (χ3v) is 3.46. The summed E-state index contributed by atoms with van der Waals surface area (Å²) in [7, 11) is 3.11. The van der Waals surface area contributed by atoms with Crippen LogP contribution in [0.5, 0.6) is 5.75 Å². The molecule has 0 bridgehead atoms. The molecule has 2 aromatic rings. The van der Waals surface area contributed by atoms with Crippen LogP contribution in [0.4, 0.5) is 10.5 Å². The van der Waals surface area contributed by atoms with Crippen molar-refractivity contribution in [1.82, 2.24) is 0 Å². The van der Waals surface area contributed by atoms with Gasteiger partial charge in [0.05, 0.1) is 18.4 Å². The molecule has 128 valence electrons. The van der Waals surface area contributed by atoms with Gasteiger partial charge >= 0.3 is 12.1 Å². The molecule has 6 nitrogen and oxygen atoms in total. The summed E-state index contributed by atoms with van der Waals surface area (Å²) in [5.74, 6) is -0.458. The number of rotatable bonds is 3. The Hall–Kier alpha value is -2.76. The number of amides is 1. The highest BCUT2D eigenvalue weighted by atomic mass is 16.6. The summed E-state index contributed by atoms with van der Waals surface area (Å²) in [5, 5.41) is 10.5. The molecule has 2 rings (SSSR count). The summed E-state index contributed by atoms with van der Waals surface area (Å²) < 4.78 is 10.6. The Kier molecular flexibility index (Phi) is 4.68. The first-order chi connectivity index (χ1) is 11.1. The van der Waals surface area contributed by atoms with Crippen LogP contribution in [0.2, 0.25) is 0 Å². The molecule has 0 heterocycles. The van der Waals surface area contributed by atoms with Crippen molar-refractivity contribution in [3.63, 3.8) is 0 Å². The monoisotopic (exact) mass is 331 g/mol. The minimum absolute atomic E-state index is 0.161. The Morgan fingerprint density at radius 2 is 1.75 bits per heavy atom. The van der Waals surface area contributed by atoms with Gasteiger partial charge in [-0.1, -0.05) is 0 Å². The van der Waals surface area contributed by atoms with E-state index in [9.17, 15) is 14.7 Å². The standard InChI is InChI=1S/C18H21NO5/c1-18(2,3)24-17(22)19(4)15-9-8-13(16(20)21)12-7-6-11(23-5)10-14(12)15/h6-10H,1-5H3,(H,20,21). The van der Waals surface area contributed by atoms with Crippen molar-refractivity contribution < 1.29 is 24.2 Å². The molecule has 0 fully saturated rings. The van der Waals surface area contributed by atoms with Crippen LogP contribution in [0, 0.1) is 0 Å². The third-order valence-electron chi connectivity index (χ3n) is 3.46. The fourth-order valence-electron chi connectivity index (χ4n) is 2.35. The van der Waals surface area contributed by atoms with Gasteiger partial charge in [0.1, 0.15) is 11.4 Å². The van der Waals surface area contributed by atoms with Gasteiger partial charge in [-0.25, -0.2) is 9.59 Å². The number of fused-ring (bicyclic) bond motifs is 1. The van der Waals surface area contributed by atoms with E-state index in [4.69, 9.17) is 9.47 Å². The molecular weight excluding hydrogens is 310 g/mol. The summed E-state index contributed by atoms with van der Waals surface area (Å²) in [6.45, 7) is 5.36. The molecule has 0 saturated carbocycles. The van der Waals surface area contributed by atoms with E-state index in [1.54, 1.807) is 52.1 Å². The number of carboxylic acids is 1. The number of anilines is 1. The van der Waals surface area contributed by atoms with Crippen LogP contribution < -0.4 is 9.64 Å². The largest absolute Gasteiger partial charge is 0.497 e. The van der Waals surface area contributed by atoms with Crippen LogP contribution in [0.3, 0.4) is 0 Å². The molecule has 0 aromatic heterocycles. The Balaban J connectivity index is 2.59. The molecule has 2 aromatic carbocycles. The molecule has 6 heteroatoms. The Bertz CT molecular complexity index is 792. The van der Waals surface area contributed by atoms with Crippen molar-refractivity contribution >= 4 is 28.5 Å². The minimum Gasteiger partial charge on any atom is -0.497 e. The minimum atomic E-state index is -1.03. The van der Waals surface area contributed by atoms with E-state index in [1.807, 2.05) is 0 Å². The zero-order valence-corrected chi connectivity index (χ0v) is 14.4. The van der Waals surface area contributed by atoms with Crippen LogP contribution in [-0.4, -0.2) is 36.9 Å². The second-order valence-corrected chi connectivity index (χ2v) is 6.39. The number of hydrogen-bond acceptors (Lipinski definition) is 4. The van der Waals surface area contributed by atoms with Crippen LogP contribution in [-0.2, 0) is 4.74 Å². The smallest absolute Gasteiger partial charge is 0.414 e. The maximum Gasteiger partial charge on any atom is 0.414 e. The Morgan fingerprint density at radius 3 is 2.29 bits per heavy atom. The van der Waals surface area contributed by atoms with Crippen LogP contribution >= 0.6 is 0 Å². The zero-order chi connectivity index (χ0) is 18.1. The first kappa shape index (κ1) is 17.6. The van der Waals surface area contributed by atoms with Gasteiger partial charge in [0, 0.05) is 12.4 Å². The number of nitrogens with zero attached hydrogens (tertiary/aromatic N) is 1. The van der Waals surface area contributed by atoms with E-state index in [-0.39, 0.29) is 5.56 Å². The number of methoxy groups -OCH3 is 1. The number of aromatic carboxylic acids is 1. The molecule has 0 atom stereocenters. The fourth-order valence-corrected chi connectivity index (χ4v) is 2.35. The molecule has 0 aliphatic rings. The summed E-state index contributed by atoms with van der Waals surface area (Å²) in [6, 6.07) is 8.14. The van der Waals surface area contributed by atoms with E-state index in [1.165, 1.54) is 18.1 Å². The van der Waals surface area contributed by atoms with Crippen molar-refractivity contribution in [3.8, 4) is 5.75 Å². The molecular formula is C18H21NO5. The summed E-state index contributed by atoms with van der Waals surface area (Å²) in [6.07, 6.45) is -0.519. The maximum absolute atomic E-state index is 12.3. The predicted octanol–water partition coefficient (Wildman–Crippen LogP) is 3.92. The molecule has 0 aliphatic heterocycles. The normalized spacial score (nSPS) is 11.2. The topological polar surface area (TPSA) is 76.1 Å². The first-order valence-electron chi connectivity index (χ1n) is 7.45. The number of carbonyl (C=O) groups is 2. The highest BCUT2D eigenvalue weighted by Crippen LogP contribution is 2.32.